The molecule has 0 spiro atoms. The monoisotopic (exact) mass is 454 g/mol. The SMILES string of the molecule is Nc1ncnc2sc(-c3c(-c4ccccc4)ncn3CCNC3CCS(=O)(=O)C3)cc12. The number of hydrogen-bond acceptors (Lipinski definition) is 8. The Labute approximate surface area is 184 Å². The van der Waals surface area contributed by atoms with E-state index in [1.54, 1.807) is 11.3 Å². The Hall–Kier alpha value is -2.82. The zero-order valence-electron chi connectivity index (χ0n) is 16.7. The number of benzene rings is 1. The lowest BCUT2D eigenvalue weighted by molar-refractivity contribution is 0.521. The van der Waals surface area contributed by atoms with Gasteiger partial charge in [-0.15, -0.1) is 11.3 Å². The molecule has 160 valence electrons. The Morgan fingerprint density at radius 1 is 1.19 bits per heavy atom. The van der Waals surface area contributed by atoms with Crippen LogP contribution in [0.1, 0.15) is 6.42 Å². The number of sulfone groups is 1. The van der Waals surface area contributed by atoms with Crippen molar-refractivity contribution in [3.63, 3.8) is 0 Å². The fraction of sp³-hybridized carbons (Fsp3) is 0.286. The summed E-state index contributed by atoms with van der Waals surface area (Å²) in [5.74, 6) is 0.945. The van der Waals surface area contributed by atoms with Crippen molar-refractivity contribution < 1.29 is 8.42 Å². The maximum absolute atomic E-state index is 11.7. The van der Waals surface area contributed by atoms with Crippen LogP contribution in [-0.4, -0.2) is 52.0 Å². The van der Waals surface area contributed by atoms with Crippen LogP contribution >= 0.6 is 11.3 Å². The van der Waals surface area contributed by atoms with E-state index in [0.29, 0.717) is 25.3 Å². The third-order valence-corrected chi connectivity index (χ3v) is 8.31. The molecule has 4 aromatic rings. The van der Waals surface area contributed by atoms with Crippen LogP contribution in [0.15, 0.2) is 49.1 Å². The van der Waals surface area contributed by atoms with Crippen molar-refractivity contribution in [2.45, 2.75) is 19.0 Å². The molecule has 8 nitrogen and oxygen atoms in total. The smallest absolute Gasteiger partial charge is 0.151 e. The number of nitrogens with zero attached hydrogens (tertiary/aromatic N) is 4. The second kappa shape index (κ2) is 8.03. The lowest BCUT2D eigenvalue weighted by Gasteiger charge is -2.13. The minimum atomic E-state index is -2.90. The molecule has 3 N–H and O–H groups in total. The van der Waals surface area contributed by atoms with Crippen LogP contribution in [0, 0.1) is 0 Å². The molecule has 1 aliphatic heterocycles. The van der Waals surface area contributed by atoms with Gasteiger partial charge in [-0.3, -0.25) is 0 Å². The molecule has 0 aliphatic carbocycles. The van der Waals surface area contributed by atoms with Crippen LogP contribution in [0.4, 0.5) is 5.82 Å². The summed E-state index contributed by atoms with van der Waals surface area (Å²) in [6.45, 7) is 1.33. The number of aromatic nitrogens is 4. The van der Waals surface area contributed by atoms with E-state index in [-0.39, 0.29) is 17.5 Å². The van der Waals surface area contributed by atoms with Gasteiger partial charge in [0.15, 0.2) is 9.84 Å². The number of hydrogen-bond donors (Lipinski definition) is 2. The van der Waals surface area contributed by atoms with Crippen LogP contribution in [0.5, 0.6) is 0 Å². The summed E-state index contributed by atoms with van der Waals surface area (Å²) in [7, 11) is -2.90. The third kappa shape index (κ3) is 4.06. The summed E-state index contributed by atoms with van der Waals surface area (Å²) in [5, 5.41) is 4.22. The zero-order chi connectivity index (χ0) is 21.4. The van der Waals surface area contributed by atoms with E-state index < -0.39 is 9.84 Å². The maximum atomic E-state index is 11.7. The van der Waals surface area contributed by atoms with Crippen LogP contribution in [0.25, 0.3) is 32.0 Å². The quantitative estimate of drug-likeness (QED) is 0.460. The Balaban J connectivity index is 1.48. The van der Waals surface area contributed by atoms with Gasteiger partial charge in [-0.05, 0) is 12.5 Å². The van der Waals surface area contributed by atoms with Gasteiger partial charge >= 0.3 is 0 Å². The molecule has 10 heteroatoms. The number of nitrogen functional groups attached to an aromatic ring is 1. The molecule has 4 heterocycles. The van der Waals surface area contributed by atoms with Gasteiger partial charge in [-0.1, -0.05) is 30.3 Å². The van der Waals surface area contributed by atoms with Crippen molar-refractivity contribution in [1.82, 2.24) is 24.8 Å². The van der Waals surface area contributed by atoms with E-state index >= 15 is 0 Å². The van der Waals surface area contributed by atoms with Gasteiger partial charge in [0.05, 0.1) is 39.5 Å². The first-order valence-corrected chi connectivity index (χ1v) is 12.7. The summed E-state index contributed by atoms with van der Waals surface area (Å²) < 4.78 is 25.5. The number of nitrogens with two attached hydrogens (primary N) is 1. The zero-order valence-corrected chi connectivity index (χ0v) is 18.4. The molecule has 0 saturated carbocycles. The molecule has 1 saturated heterocycles. The topological polar surface area (TPSA) is 116 Å². The van der Waals surface area contributed by atoms with Gasteiger partial charge in [0.25, 0.3) is 0 Å². The Kier molecular flexibility index (Phi) is 5.20. The molecule has 1 unspecified atom stereocenters. The van der Waals surface area contributed by atoms with Crippen molar-refractivity contribution in [3.8, 4) is 21.8 Å². The number of rotatable bonds is 6. The first-order valence-electron chi connectivity index (χ1n) is 10.0. The van der Waals surface area contributed by atoms with Crippen molar-refractivity contribution in [2.75, 3.05) is 23.8 Å². The van der Waals surface area contributed by atoms with E-state index in [1.165, 1.54) is 6.33 Å². The van der Waals surface area contributed by atoms with E-state index in [0.717, 1.165) is 32.0 Å². The second-order valence-corrected chi connectivity index (χ2v) is 10.9. The van der Waals surface area contributed by atoms with Crippen molar-refractivity contribution in [2.24, 2.45) is 0 Å². The van der Waals surface area contributed by atoms with E-state index in [4.69, 9.17) is 10.7 Å². The van der Waals surface area contributed by atoms with Gasteiger partial charge in [-0.2, -0.15) is 0 Å². The molecular weight excluding hydrogens is 432 g/mol. The number of anilines is 1. The van der Waals surface area contributed by atoms with Crippen LogP contribution < -0.4 is 11.1 Å². The highest BCUT2D eigenvalue weighted by Gasteiger charge is 2.27. The van der Waals surface area contributed by atoms with Crippen molar-refractivity contribution in [1.29, 1.82) is 0 Å². The van der Waals surface area contributed by atoms with E-state index in [9.17, 15) is 8.42 Å². The molecule has 1 aliphatic rings. The molecule has 0 radical (unpaired) electrons. The molecule has 0 bridgehead atoms. The van der Waals surface area contributed by atoms with Crippen LogP contribution in [-0.2, 0) is 16.4 Å². The summed E-state index contributed by atoms with van der Waals surface area (Å²) in [4.78, 5) is 15.0. The van der Waals surface area contributed by atoms with Gasteiger partial charge in [0, 0.05) is 24.7 Å². The van der Waals surface area contributed by atoms with E-state index in [2.05, 4.69) is 19.9 Å². The lowest BCUT2D eigenvalue weighted by Crippen LogP contribution is -2.32. The van der Waals surface area contributed by atoms with Crippen LogP contribution in [0.3, 0.4) is 0 Å². The highest BCUT2D eigenvalue weighted by atomic mass is 32.2. The molecule has 1 fully saturated rings. The van der Waals surface area contributed by atoms with Gasteiger partial charge < -0.3 is 15.6 Å². The largest absolute Gasteiger partial charge is 0.383 e. The molecular formula is C21H22N6O2S2. The fourth-order valence-corrected chi connectivity index (χ4v) is 6.73. The standard InChI is InChI=1S/C21H22N6O2S2/c22-20-16-10-17(30-21(16)25-12-24-20)19-18(14-4-2-1-3-5-14)26-13-27(19)8-7-23-15-6-9-31(28,29)11-15/h1-5,10,12-13,15,23H,6-9,11H2,(H2,22,24,25). The summed E-state index contributed by atoms with van der Waals surface area (Å²) >= 11 is 1.56. The molecule has 0 amide bonds. The first-order chi connectivity index (χ1) is 15.0. The predicted octanol–water partition coefficient (Wildman–Crippen LogP) is 2.58. The Morgan fingerprint density at radius 3 is 2.77 bits per heavy atom. The highest BCUT2D eigenvalue weighted by Crippen LogP contribution is 2.38. The molecule has 1 aromatic carbocycles. The normalized spacial score (nSPS) is 18.0. The van der Waals surface area contributed by atoms with Gasteiger partial charge in [-0.25, -0.2) is 23.4 Å². The molecule has 3 aromatic heterocycles. The number of thiophene rings is 1. The van der Waals surface area contributed by atoms with Crippen molar-refractivity contribution in [3.05, 3.63) is 49.1 Å². The van der Waals surface area contributed by atoms with Crippen LogP contribution in [0.2, 0.25) is 0 Å². The average Bonchev–Trinajstić information content (AvgIpc) is 3.45. The number of imidazole rings is 1. The minimum absolute atomic E-state index is 0.0185. The summed E-state index contributed by atoms with van der Waals surface area (Å²) in [6, 6.07) is 12.1. The van der Waals surface area contributed by atoms with Crippen molar-refractivity contribution >= 4 is 37.2 Å². The Morgan fingerprint density at radius 2 is 2.03 bits per heavy atom. The molecule has 5 rings (SSSR count). The fourth-order valence-electron chi connectivity index (χ4n) is 3.95. The second-order valence-electron chi connectivity index (χ2n) is 7.64. The Bertz CT molecular complexity index is 1330. The number of nitrogens with one attached hydrogen (secondary N) is 1. The summed E-state index contributed by atoms with van der Waals surface area (Å²) in [5.41, 5.74) is 8.97. The lowest BCUT2D eigenvalue weighted by atomic mass is 10.1. The minimum Gasteiger partial charge on any atom is -0.383 e. The van der Waals surface area contributed by atoms with E-state index in [1.807, 2.05) is 42.7 Å². The molecule has 31 heavy (non-hydrogen) atoms. The third-order valence-electron chi connectivity index (χ3n) is 5.50. The molecule has 1 atom stereocenters. The number of fused-ring (bicyclic) bond motifs is 1. The average molecular weight is 455 g/mol. The highest BCUT2D eigenvalue weighted by molar-refractivity contribution is 7.91. The van der Waals surface area contributed by atoms with Gasteiger partial charge in [0.2, 0.25) is 0 Å². The maximum Gasteiger partial charge on any atom is 0.151 e. The first kappa shape index (κ1) is 20.1. The summed E-state index contributed by atoms with van der Waals surface area (Å²) in [6.07, 6.45) is 3.99. The predicted molar refractivity (Wildman–Crippen MR) is 124 cm³/mol. The van der Waals surface area contributed by atoms with Gasteiger partial charge in [0.1, 0.15) is 17.0 Å².